The summed E-state index contributed by atoms with van der Waals surface area (Å²) < 4.78 is 34.1. The minimum atomic E-state index is -3.38. The fourth-order valence-electron chi connectivity index (χ4n) is 2.88. The van der Waals surface area contributed by atoms with Gasteiger partial charge in [-0.15, -0.1) is 0 Å². The summed E-state index contributed by atoms with van der Waals surface area (Å²) in [7, 11) is -1.54. The van der Waals surface area contributed by atoms with Crippen molar-refractivity contribution < 1.29 is 13.2 Å². The van der Waals surface area contributed by atoms with Crippen molar-refractivity contribution in [3.63, 3.8) is 0 Å². The minimum absolute atomic E-state index is 0.0738. The molecule has 1 fully saturated rings. The van der Waals surface area contributed by atoms with Gasteiger partial charge >= 0.3 is 0 Å². The van der Waals surface area contributed by atoms with E-state index < -0.39 is 10.2 Å². The molecule has 0 unspecified atom stereocenters. The highest BCUT2D eigenvalue weighted by Crippen LogP contribution is 2.18. The molecule has 1 saturated heterocycles. The molecule has 0 radical (unpaired) electrons. The van der Waals surface area contributed by atoms with Crippen LogP contribution < -0.4 is 5.32 Å². The Kier molecular flexibility index (Phi) is 6.97. The summed E-state index contributed by atoms with van der Waals surface area (Å²) in [5.41, 5.74) is 1.17. The molecule has 0 bridgehead atoms. The van der Waals surface area contributed by atoms with E-state index in [1.54, 1.807) is 10.5 Å². The van der Waals surface area contributed by atoms with Crippen molar-refractivity contribution in [2.75, 3.05) is 45.2 Å². The lowest BCUT2D eigenvalue weighted by molar-refractivity contribution is -0.00686. The van der Waals surface area contributed by atoms with Crippen LogP contribution in [0, 0.1) is 0 Å². The van der Waals surface area contributed by atoms with E-state index >= 15 is 0 Å². The largest absolute Gasteiger partial charge is 0.375 e. The summed E-state index contributed by atoms with van der Waals surface area (Å²) in [4.78, 5) is 4.20. The van der Waals surface area contributed by atoms with E-state index in [9.17, 15) is 8.42 Å². The summed E-state index contributed by atoms with van der Waals surface area (Å²) in [6.45, 7) is 6.00. The van der Waals surface area contributed by atoms with Gasteiger partial charge in [0.1, 0.15) is 5.82 Å². The zero-order chi connectivity index (χ0) is 17.6. The maximum Gasteiger partial charge on any atom is 0.282 e. The van der Waals surface area contributed by atoms with E-state index in [4.69, 9.17) is 4.74 Å². The summed E-state index contributed by atoms with van der Waals surface area (Å²) in [5, 5.41) is 3.02. The number of ether oxygens (including phenoxy) is 1. The first-order chi connectivity index (χ1) is 11.5. The van der Waals surface area contributed by atoms with Crippen LogP contribution in [0.15, 0.2) is 18.3 Å². The van der Waals surface area contributed by atoms with Crippen LogP contribution in [0.25, 0.3) is 0 Å². The normalized spacial score (nSPS) is 19.6. The maximum atomic E-state index is 12.6. The Morgan fingerprint density at radius 3 is 2.83 bits per heavy atom. The van der Waals surface area contributed by atoms with Gasteiger partial charge in [0.25, 0.3) is 10.2 Å². The van der Waals surface area contributed by atoms with Gasteiger partial charge in [-0.3, -0.25) is 0 Å². The predicted octanol–water partition coefficient (Wildman–Crippen LogP) is 1.34. The molecule has 1 N–H and O–H groups in total. The molecule has 1 aromatic heterocycles. The molecule has 0 saturated carbocycles. The number of aryl methyl sites for hydroxylation is 1. The summed E-state index contributed by atoms with van der Waals surface area (Å²) >= 11 is 0. The van der Waals surface area contributed by atoms with E-state index in [2.05, 4.69) is 10.3 Å². The fourth-order valence-corrected chi connectivity index (χ4v) is 4.52. The highest BCUT2D eigenvalue weighted by molar-refractivity contribution is 7.86. The quantitative estimate of drug-likeness (QED) is 0.761. The van der Waals surface area contributed by atoms with Crippen LogP contribution in [0.4, 0.5) is 5.82 Å². The Bertz CT molecular complexity index is 620. The van der Waals surface area contributed by atoms with Crippen molar-refractivity contribution in [2.24, 2.45) is 0 Å². The number of hydrogen-bond donors (Lipinski definition) is 1. The zero-order valence-corrected chi connectivity index (χ0v) is 15.6. The fraction of sp³-hybridized carbons (Fsp3) is 0.688. The molecule has 2 heterocycles. The molecule has 0 spiro atoms. The van der Waals surface area contributed by atoms with Crippen molar-refractivity contribution in [1.29, 1.82) is 0 Å². The topological polar surface area (TPSA) is 74.8 Å². The monoisotopic (exact) mass is 356 g/mol. The molecule has 1 aliphatic heterocycles. The van der Waals surface area contributed by atoms with Crippen LogP contribution in [0.2, 0.25) is 0 Å². The SMILES string of the molecule is CCN(CC)S(=O)(=O)N1CCO[C@@H](CCc2ccnc(NC)c2)C1. The van der Waals surface area contributed by atoms with Gasteiger partial charge in [0.15, 0.2) is 0 Å². The van der Waals surface area contributed by atoms with Crippen molar-refractivity contribution >= 4 is 16.0 Å². The maximum absolute atomic E-state index is 12.6. The second-order valence-electron chi connectivity index (χ2n) is 5.78. The predicted molar refractivity (Wildman–Crippen MR) is 95.3 cm³/mol. The third-order valence-corrected chi connectivity index (χ3v) is 6.45. The number of aromatic nitrogens is 1. The molecular weight excluding hydrogens is 328 g/mol. The van der Waals surface area contributed by atoms with Gasteiger partial charge < -0.3 is 10.1 Å². The first-order valence-corrected chi connectivity index (χ1v) is 9.90. The smallest absolute Gasteiger partial charge is 0.282 e. The standard InChI is InChI=1S/C16H28N4O3S/c1-4-19(5-2)24(21,22)20-10-11-23-15(13-20)7-6-14-8-9-18-16(12-14)17-3/h8-9,12,15H,4-7,10-11,13H2,1-3H3,(H,17,18)/t15-/m0/s1. The van der Waals surface area contributed by atoms with Crippen LogP contribution in [-0.4, -0.2) is 67.9 Å². The van der Waals surface area contributed by atoms with E-state index in [0.29, 0.717) is 32.8 Å². The van der Waals surface area contributed by atoms with Crippen LogP contribution in [-0.2, 0) is 21.4 Å². The molecule has 0 aromatic carbocycles. The van der Waals surface area contributed by atoms with Gasteiger partial charge in [0.05, 0.1) is 12.7 Å². The molecule has 24 heavy (non-hydrogen) atoms. The van der Waals surface area contributed by atoms with Crippen molar-refractivity contribution in [2.45, 2.75) is 32.8 Å². The van der Waals surface area contributed by atoms with Crippen LogP contribution in [0.1, 0.15) is 25.8 Å². The summed E-state index contributed by atoms with van der Waals surface area (Å²) in [6.07, 6.45) is 3.33. The average Bonchev–Trinajstić information content (AvgIpc) is 2.61. The Morgan fingerprint density at radius 1 is 1.42 bits per heavy atom. The second kappa shape index (κ2) is 8.75. The number of hydrogen-bond acceptors (Lipinski definition) is 5. The van der Waals surface area contributed by atoms with Crippen LogP contribution >= 0.6 is 0 Å². The molecule has 1 aromatic rings. The molecule has 8 heteroatoms. The zero-order valence-electron chi connectivity index (χ0n) is 14.7. The summed E-state index contributed by atoms with van der Waals surface area (Å²) in [5.74, 6) is 0.836. The van der Waals surface area contributed by atoms with Gasteiger partial charge in [0.2, 0.25) is 0 Å². The molecule has 7 nitrogen and oxygen atoms in total. The van der Waals surface area contributed by atoms with Crippen molar-refractivity contribution in [3.8, 4) is 0 Å². The van der Waals surface area contributed by atoms with Gasteiger partial charge in [-0.05, 0) is 30.5 Å². The first kappa shape index (κ1) is 19.1. The molecule has 136 valence electrons. The second-order valence-corrected chi connectivity index (χ2v) is 7.71. The van der Waals surface area contributed by atoms with E-state index in [-0.39, 0.29) is 6.10 Å². The summed E-state index contributed by atoms with van der Waals surface area (Å²) in [6, 6.07) is 3.99. The van der Waals surface area contributed by atoms with E-state index in [1.807, 2.05) is 33.0 Å². The number of nitrogens with zero attached hydrogens (tertiary/aromatic N) is 3. The lowest BCUT2D eigenvalue weighted by Crippen LogP contribution is -2.51. The van der Waals surface area contributed by atoms with Crippen LogP contribution in [0.3, 0.4) is 0 Å². The molecule has 2 rings (SSSR count). The molecule has 0 aliphatic carbocycles. The van der Waals surface area contributed by atoms with Gasteiger partial charge in [-0.25, -0.2) is 4.98 Å². The van der Waals surface area contributed by atoms with E-state index in [1.165, 1.54) is 9.87 Å². The highest BCUT2D eigenvalue weighted by Gasteiger charge is 2.32. The Balaban J connectivity index is 1.95. The number of morpholine rings is 1. The lowest BCUT2D eigenvalue weighted by Gasteiger charge is -2.35. The molecule has 1 atom stereocenters. The number of pyridine rings is 1. The molecule has 0 amide bonds. The van der Waals surface area contributed by atoms with Gasteiger partial charge in [-0.2, -0.15) is 17.0 Å². The van der Waals surface area contributed by atoms with Gasteiger partial charge in [0, 0.05) is 39.4 Å². The Labute approximate surface area is 145 Å². The first-order valence-electron chi connectivity index (χ1n) is 8.50. The molecule has 1 aliphatic rings. The third-order valence-electron chi connectivity index (χ3n) is 4.29. The van der Waals surface area contributed by atoms with Crippen molar-refractivity contribution in [1.82, 2.24) is 13.6 Å². The number of nitrogens with one attached hydrogen (secondary N) is 1. The minimum Gasteiger partial charge on any atom is -0.375 e. The Hall–Kier alpha value is -1.22. The highest BCUT2D eigenvalue weighted by atomic mass is 32.2. The Morgan fingerprint density at radius 2 is 2.17 bits per heavy atom. The number of rotatable bonds is 8. The molecular formula is C16H28N4O3S. The number of anilines is 1. The van der Waals surface area contributed by atoms with E-state index in [0.717, 1.165) is 18.7 Å². The van der Waals surface area contributed by atoms with Gasteiger partial charge in [-0.1, -0.05) is 13.8 Å². The van der Waals surface area contributed by atoms with Crippen molar-refractivity contribution in [3.05, 3.63) is 23.9 Å². The average molecular weight is 356 g/mol. The third kappa shape index (κ3) is 4.66. The lowest BCUT2D eigenvalue weighted by atomic mass is 10.1. The van der Waals surface area contributed by atoms with Crippen LogP contribution in [0.5, 0.6) is 0 Å².